The van der Waals surface area contributed by atoms with E-state index >= 15 is 0 Å². The molecule has 0 spiro atoms. The van der Waals surface area contributed by atoms with Crippen LogP contribution in [0.15, 0.2) is 53.4 Å². The van der Waals surface area contributed by atoms with Gasteiger partial charge >= 0.3 is 0 Å². The fourth-order valence-corrected chi connectivity index (χ4v) is 3.59. The first-order valence-corrected chi connectivity index (χ1v) is 9.09. The molecule has 1 saturated heterocycles. The largest absolute Gasteiger partial charge is 0.496 e. The summed E-state index contributed by atoms with van der Waals surface area (Å²) in [6, 6.07) is 12.3. The first kappa shape index (κ1) is 19.5. The van der Waals surface area contributed by atoms with Gasteiger partial charge in [0.1, 0.15) is 5.75 Å². The van der Waals surface area contributed by atoms with Crippen LogP contribution < -0.4 is 10.2 Å². The lowest BCUT2D eigenvalue weighted by molar-refractivity contribution is -0.384. The molecular weight excluding hydrogens is 402 g/mol. The lowest BCUT2D eigenvalue weighted by Crippen LogP contribution is -2.44. The number of non-ortho nitro benzene ring substituents is 1. The van der Waals surface area contributed by atoms with Crippen LogP contribution in [0.25, 0.3) is 6.08 Å². The number of para-hydroxylation sites is 1. The average Bonchev–Trinajstić information content (AvgIpc) is 2.95. The Balaban J connectivity index is 1.80. The fourth-order valence-electron chi connectivity index (χ4n) is 2.42. The van der Waals surface area contributed by atoms with Crippen molar-refractivity contribution in [2.45, 2.75) is 0 Å². The van der Waals surface area contributed by atoms with Gasteiger partial charge in [-0.1, -0.05) is 36.0 Å². The number of nitro groups is 1. The molecule has 10 heteroatoms. The molecule has 0 aromatic heterocycles. The minimum absolute atomic E-state index is 0.0389. The van der Waals surface area contributed by atoms with Gasteiger partial charge in [0.2, 0.25) is 0 Å². The van der Waals surface area contributed by atoms with Gasteiger partial charge in [-0.2, -0.15) is 5.01 Å². The maximum absolute atomic E-state index is 12.6. The third-order valence-electron chi connectivity index (χ3n) is 3.75. The number of nitrogens with one attached hydrogen (secondary N) is 1. The number of nitro benzene ring substituents is 1. The quantitative estimate of drug-likeness (QED) is 0.346. The molecule has 1 aliphatic heterocycles. The summed E-state index contributed by atoms with van der Waals surface area (Å²) in [6.45, 7) is 0. The highest BCUT2D eigenvalue weighted by Crippen LogP contribution is 2.33. The van der Waals surface area contributed by atoms with Crippen molar-refractivity contribution in [1.29, 1.82) is 0 Å². The summed E-state index contributed by atoms with van der Waals surface area (Å²) < 4.78 is 5.40. The Morgan fingerprint density at radius 2 is 2.04 bits per heavy atom. The van der Waals surface area contributed by atoms with Crippen LogP contribution in [0.4, 0.5) is 5.69 Å². The van der Waals surface area contributed by atoms with Crippen LogP contribution in [-0.2, 0) is 4.79 Å². The van der Waals surface area contributed by atoms with E-state index in [1.807, 2.05) is 0 Å². The van der Waals surface area contributed by atoms with Crippen LogP contribution in [0.1, 0.15) is 15.9 Å². The number of thioether (sulfide) groups is 1. The number of amides is 2. The maximum Gasteiger partial charge on any atom is 0.285 e. The molecule has 8 nitrogen and oxygen atoms in total. The molecule has 0 saturated carbocycles. The highest BCUT2D eigenvalue weighted by molar-refractivity contribution is 8.26. The molecule has 2 aromatic carbocycles. The minimum Gasteiger partial charge on any atom is -0.496 e. The number of carbonyl (C=O) groups excluding carboxylic acids is 2. The van der Waals surface area contributed by atoms with Gasteiger partial charge in [0.15, 0.2) is 4.32 Å². The minimum atomic E-state index is -0.682. The number of ether oxygens (including phenoxy) is 1. The third-order valence-corrected chi connectivity index (χ3v) is 5.05. The Kier molecular flexibility index (Phi) is 5.71. The summed E-state index contributed by atoms with van der Waals surface area (Å²) in [4.78, 5) is 35.6. The van der Waals surface area contributed by atoms with Crippen molar-refractivity contribution >= 4 is 51.9 Å². The lowest BCUT2D eigenvalue weighted by Gasteiger charge is -2.15. The van der Waals surface area contributed by atoms with Crippen molar-refractivity contribution in [2.75, 3.05) is 7.11 Å². The summed E-state index contributed by atoms with van der Waals surface area (Å²) >= 11 is 6.21. The number of hydrogen-bond acceptors (Lipinski definition) is 7. The van der Waals surface area contributed by atoms with Crippen molar-refractivity contribution in [1.82, 2.24) is 10.4 Å². The number of nitrogens with zero attached hydrogens (tertiary/aromatic N) is 2. The van der Waals surface area contributed by atoms with E-state index in [1.54, 1.807) is 30.3 Å². The van der Waals surface area contributed by atoms with Crippen LogP contribution in [-0.4, -0.2) is 33.2 Å². The van der Waals surface area contributed by atoms with Gasteiger partial charge < -0.3 is 4.74 Å². The Hall–Kier alpha value is -3.24. The molecule has 1 fully saturated rings. The van der Waals surface area contributed by atoms with E-state index in [1.165, 1.54) is 25.3 Å². The number of rotatable bonds is 5. The number of methoxy groups -OCH3 is 1. The predicted octanol–water partition coefficient (Wildman–Crippen LogP) is 3.15. The maximum atomic E-state index is 12.6. The SMILES string of the molecule is COc1ccccc1/C=C1\SC(=S)N(NC(=O)c2cccc([N+](=O)[O-])c2)C1=O. The molecule has 0 unspecified atom stereocenters. The van der Waals surface area contributed by atoms with Gasteiger partial charge in [-0.15, -0.1) is 0 Å². The Labute approximate surface area is 169 Å². The number of thiocarbonyl (C=S) groups is 1. The summed E-state index contributed by atoms with van der Waals surface area (Å²) in [7, 11) is 1.52. The first-order chi connectivity index (χ1) is 13.4. The smallest absolute Gasteiger partial charge is 0.285 e. The molecule has 0 aliphatic carbocycles. The van der Waals surface area contributed by atoms with Crippen LogP contribution in [0.3, 0.4) is 0 Å². The van der Waals surface area contributed by atoms with Crippen molar-refractivity contribution < 1.29 is 19.2 Å². The molecule has 0 atom stereocenters. The normalized spacial score (nSPS) is 15.0. The number of carbonyl (C=O) groups is 2. The van der Waals surface area contributed by atoms with Crippen molar-refractivity contribution in [3.63, 3.8) is 0 Å². The Morgan fingerprint density at radius 1 is 1.29 bits per heavy atom. The van der Waals surface area contributed by atoms with Crippen molar-refractivity contribution in [2.24, 2.45) is 0 Å². The second-order valence-corrected chi connectivity index (χ2v) is 7.18. The molecular formula is C18H13N3O5S2. The highest BCUT2D eigenvalue weighted by Gasteiger charge is 2.34. The van der Waals surface area contributed by atoms with E-state index in [9.17, 15) is 19.7 Å². The van der Waals surface area contributed by atoms with E-state index in [4.69, 9.17) is 17.0 Å². The van der Waals surface area contributed by atoms with Gasteiger partial charge in [-0.3, -0.25) is 25.1 Å². The molecule has 2 aromatic rings. The monoisotopic (exact) mass is 415 g/mol. The van der Waals surface area contributed by atoms with Gasteiger partial charge in [0.25, 0.3) is 17.5 Å². The number of benzene rings is 2. The fraction of sp³-hybridized carbons (Fsp3) is 0.0556. The summed E-state index contributed by atoms with van der Waals surface area (Å²) in [5.74, 6) is -0.591. The van der Waals surface area contributed by atoms with Crippen molar-refractivity contribution in [3.8, 4) is 5.75 Å². The average molecular weight is 415 g/mol. The van der Waals surface area contributed by atoms with Crippen LogP contribution in [0.2, 0.25) is 0 Å². The Bertz CT molecular complexity index is 1020. The van der Waals surface area contributed by atoms with E-state index in [2.05, 4.69) is 5.43 Å². The molecule has 142 valence electrons. The molecule has 28 heavy (non-hydrogen) atoms. The molecule has 0 radical (unpaired) electrons. The summed E-state index contributed by atoms with van der Waals surface area (Å²) in [6.07, 6.45) is 1.62. The number of hydrazine groups is 1. The molecule has 0 bridgehead atoms. The zero-order valence-corrected chi connectivity index (χ0v) is 16.1. The lowest BCUT2D eigenvalue weighted by atomic mass is 10.2. The predicted molar refractivity (Wildman–Crippen MR) is 109 cm³/mol. The number of hydrogen-bond donors (Lipinski definition) is 1. The third kappa shape index (κ3) is 4.02. The summed E-state index contributed by atoms with van der Waals surface area (Å²) in [5.41, 5.74) is 2.89. The Morgan fingerprint density at radius 3 is 2.75 bits per heavy atom. The zero-order valence-electron chi connectivity index (χ0n) is 14.4. The standard InChI is InChI=1S/C18H13N3O5S2/c1-26-14-8-3-2-5-11(14)10-15-17(23)20(18(27)28-15)19-16(22)12-6-4-7-13(9-12)21(24)25/h2-10H,1H3,(H,19,22)/b15-10-. The van der Waals surface area contributed by atoms with Crippen LogP contribution in [0, 0.1) is 10.1 Å². The van der Waals surface area contributed by atoms with Gasteiger partial charge in [-0.25, -0.2) is 0 Å². The molecule has 2 amide bonds. The molecule has 1 heterocycles. The molecule has 1 N–H and O–H groups in total. The van der Waals surface area contributed by atoms with Gasteiger partial charge in [0.05, 0.1) is 16.9 Å². The molecule has 1 aliphatic rings. The topological polar surface area (TPSA) is 102 Å². The van der Waals surface area contributed by atoms with Gasteiger partial charge in [-0.05, 0) is 30.4 Å². The summed E-state index contributed by atoms with van der Waals surface area (Å²) in [5, 5.41) is 11.8. The van der Waals surface area contributed by atoms with Crippen LogP contribution >= 0.6 is 24.0 Å². The van der Waals surface area contributed by atoms with Gasteiger partial charge in [0, 0.05) is 23.3 Å². The van der Waals surface area contributed by atoms with Crippen LogP contribution in [0.5, 0.6) is 5.75 Å². The second-order valence-electron chi connectivity index (χ2n) is 5.51. The van der Waals surface area contributed by atoms with E-state index in [0.29, 0.717) is 16.2 Å². The van der Waals surface area contributed by atoms with E-state index in [0.717, 1.165) is 22.8 Å². The van der Waals surface area contributed by atoms with E-state index < -0.39 is 16.7 Å². The molecule has 3 rings (SSSR count). The zero-order chi connectivity index (χ0) is 20.3. The highest BCUT2D eigenvalue weighted by atomic mass is 32.2. The van der Waals surface area contributed by atoms with E-state index in [-0.39, 0.29) is 15.6 Å². The van der Waals surface area contributed by atoms with Crippen molar-refractivity contribution in [3.05, 3.63) is 74.7 Å². The second kappa shape index (κ2) is 8.19. The first-order valence-electron chi connectivity index (χ1n) is 7.87.